The summed E-state index contributed by atoms with van der Waals surface area (Å²) < 4.78 is 0. The van der Waals surface area contributed by atoms with Crippen LogP contribution in [0.4, 0.5) is 5.82 Å². The number of likely N-dealkylation sites (tertiary alicyclic amines) is 1. The van der Waals surface area contributed by atoms with Gasteiger partial charge in [-0.3, -0.25) is 19.3 Å². The van der Waals surface area contributed by atoms with Crippen molar-refractivity contribution in [3.63, 3.8) is 0 Å². The predicted octanol–water partition coefficient (Wildman–Crippen LogP) is 2.24. The monoisotopic (exact) mass is 335 g/mol. The molecule has 2 heterocycles. The maximum absolute atomic E-state index is 12.3. The molecular formula is C16H18ClN3O3. The Labute approximate surface area is 139 Å². The number of carbonyl (C=O) groups excluding carboxylic acids is 3. The van der Waals surface area contributed by atoms with E-state index in [0.29, 0.717) is 10.8 Å². The minimum Gasteiger partial charge on any atom is -0.311 e. The minimum atomic E-state index is -0.282. The number of aromatic nitrogens is 1. The van der Waals surface area contributed by atoms with Crippen molar-refractivity contribution in [3.8, 4) is 0 Å². The summed E-state index contributed by atoms with van der Waals surface area (Å²) in [7, 11) is 0. The number of imide groups is 1. The molecule has 2 fully saturated rings. The van der Waals surface area contributed by atoms with Crippen LogP contribution in [0.3, 0.4) is 0 Å². The van der Waals surface area contributed by atoms with Gasteiger partial charge in [0, 0.05) is 19.2 Å². The Morgan fingerprint density at radius 2 is 1.87 bits per heavy atom. The summed E-state index contributed by atoms with van der Waals surface area (Å²) in [6.07, 6.45) is 5.07. The molecule has 0 unspecified atom stereocenters. The lowest BCUT2D eigenvalue weighted by molar-refractivity contribution is -0.140. The first-order valence-electron chi connectivity index (χ1n) is 7.83. The predicted molar refractivity (Wildman–Crippen MR) is 84.7 cm³/mol. The van der Waals surface area contributed by atoms with E-state index in [-0.39, 0.29) is 42.5 Å². The second-order valence-corrected chi connectivity index (χ2v) is 6.42. The Balaban J connectivity index is 1.55. The van der Waals surface area contributed by atoms with Gasteiger partial charge >= 0.3 is 0 Å². The van der Waals surface area contributed by atoms with Crippen molar-refractivity contribution >= 4 is 35.1 Å². The van der Waals surface area contributed by atoms with E-state index in [2.05, 4.69) is 10.3 Å². The van der Waals surface area contributed by atoms with Crippen LogP contribution < -0.4 is 5.32 Å². The Kier molecular flexibility index (Phi) is 4.61. The summed E-state index contributed by atoms with van der Waals surface area (Å²) in [5, 5.41) is 3.11. The number of nitrogens with zero attached hydrogens (tertiary/aromatic N) is 2. The minimum absolute atomic E-state index is 0.0707. The lowest BCUT2D eigenvalue weighted by Crippen LogP contribution is -2.34. The van der Waals surface area contributed by atoms with Crippen LogP contribution in [-0.4, -0.2) is 34.2 Å². The average molecular weight is 336 g/mol. The number of carbonyl (C=O) groups is 3. The van der Waals surface area contributed by atoms with E-state index in [9.17, 15) is 14.4 Å². The zero-order chi connectivity index (χ0) is 16.4. The Morgan fingerprint density at radius 3 is 2.43 bits per heavy atom. The van der Waals surface area contributed by atoms with Gasteiger partial charge in [-0.05, 0) is 25.0 Å². The molecule has 1 aliphatic heterocycles. The van der Waals surface area contributed by atoms with Crippen LogP contribution in [0.2, 0.25) is 5.02 Å². The maximum Gasteiger partial charge on any atom is 0.233 e. The third-order valence-electron chi connectivity index (χ3n) is 4.49. The summed E-state index contributed by atoms with van der Waals surface area (Å²) >= 11 is 5.73. The SMILES string of the molecule is O=C(CCN1C(=O)[C@H]2CCCC[C@@H]2C1=O)Nc1ccc(Cl)cn1. The van der Waals surface area contributed by atoms with Gasteiger partial charge in [0.25, 0.3) is 0 Å². The molecule has 1 aromatic rings. The van der Waals surface area contributed by atoms with Crippen molar-refractivity contribution in [2.75, 3.05) is 11.9 Å². The molecule has 1 aliphatic carbocycles. The van der Waals surface area contributed by atoms with Crippen LogP contribution in [0.25, 0.3) is 0 Å². The van der Waals surface area contributed by atoms with E-state index in [1.807, 2.05) is 0 Å². The van der Waals surface area contributed by atoms with Gasteiger partial charge in [0.15, 0.2) is 0 Å². The van der Waals surface area contributed by atoms with Gasteiger partial charge in [-0.2, -0.15) is 0 Å². The zero-order valence-electron chi connectivity index (χ0n) is 12.6. The van der Waals surface area contributed by atoms with Gasteiger partial charge in [-0.1, -0.05) is 24.4 Å². The normalized spacial score (nSPS) is 23.8. The van der Waals surface area contributed by atoms with Crippen molar-refractivity contribution < 1.29 is 14.4 Å². The van der Waals surface area contributed by atoms with Crippen molar-refractivity contribution in [3.05, 3.63) is 23.4 Å². The highest BCUT2D eigenvalue weighted by atomic mass is 35.5. The van der Waals surface area contributed by atoms with Crippen LogP contribution in [-0.2, 0) is 14.4 Å². The summed E-state index contributed by atoms with van der Waals surface area (Å²) in [4.78, 5) is 41.8. The van der Waals surface area contributed by atoms with Gasteiger partial charge in [0.05, 0.1) is 16.9 Å². The summed E-state index contributed by atoms with van der Waals surface area (Å²) in [6.45, 7) is 0.129. The third-order valence-corrected chi connectivity index (χ3v) is 4.71. The van der Waals surface area contributed by atoms with Crippen LogP contribution in [0.1, 0.15) is 32.1 Å². The van der Waals surface area contributed by atoms with E-state index in [0.717, 1.165) is 25.7 Å². The first-order valence-corrected chi connectivity index (χ1v) is 8.20. The molecule has 0 aromatic carbocycles. The molecule has 23 heavy (non-hydrogen) atoms. The average Bonchev–Trinajstić information content (AvgIpc) is 2.80. The van der Waals surface area contributed by atoms with Gasteiger partial charge in [-0.25, -0.2) is 4.98 Å². The third kappa shape index (κ3) is 3.37. The van der Waals surface area contributed by atoms with E-state index >= 15 is 0 Å². The molecule has 6 nitrogen and oxygen atoms in total. The number of rotatable bonds is 4. The number of nitrogens with one attached hydrogen (secondary N) is 1. The molecule has 3 rings (SSSR count). The second-order valence-electron chi connectivity index (χ2n) is 5.99. The molecule has 0 bridgehead atoms. The summed E-state index contributed by atoms with van der Waals surface area (Å²) in [6, 6.07) is 3.23. The highest BCUT2D eigenvalue weighted by molar-refractivity contribution is 6.30. The van der Waals surface area contributed by atoms with E-state index in [1.54, 1.807) is 12.1 Å². The molecule has 2 atom stereocenters. The lowest BCUT2D eigenvalue weighted by atomic mass is 9.81. The first kappa shape index (κ1) is 15.9. The van der Waals surface area contributed by atoms with E-state index in [1.165, 1.54) is 11.1 Å². The summed E-state index contributed by atoms with van der Waals surface area (Å²) in [5.74, 6) is -0.453. The highest BCUT2D eigenvalue weighted by Gasteiger charge is 2.47. The fraction of sp³-hybridized carbons (Fsp3) is 0.500. The highest BCUT2D eigenvalue weighted by Crippen LogP contribution is 2.37. The van der Waals surface area contributed by atoms with Crippen molar-refractivity contribution in [2.24, 2.45) is 11.8 Å². The number of amides is 3. The number of pyridine rings is 1. The number of hydrogen-bond donors (Lipinski definition) is 1. The second kappa shape index (κ2) is 6.66. The van der Waals surface area contributed by atoms with Crippen LogP contribution in [0, 0.1) is 11.8 Å². The maximum atomic E-state index is 12.3. The van der Waals surface area contributed by atoms with Crippen LogP contribution in [0.15, 0.2) is 18.3 Å². The van der Waals surface area contributed by atoms with Gasteiger partial charge in [-0.15, -0.1) is 0 Å². The Morgan fingerprint density at radius 1 is 1.22 bits per heavy atom. The van der Waals surface area contributed by atoms with Crippen molar-refractivity contribution in [1.82, 2.24) is 9.88 Å². The topological polar surface area (TPSA) is 79.4 Å². The molecule has 2 aliphatic rings. The fourth-order valence-corrected chi connectivity index (χ4v) is 3.43. The molecule has 0 spiro atoms. The van der Waals surface area contributed by atoms with E-state index < -0.39 is 0 Å². The molecule has 122 valence electrons. The molecule has 7 heteroatoms. The molecular weight excluding hydrogens is 318 g/mol. The Hall–Kier alpha value is -1.95. The summed E-state index contributed by atoms with van der Waals surface area (Å²) in [5.41, 5.74) is 0. The standard InChI is InChI=1S/C16H18ClN3O3/c17-10-5-6-13(18-9-10)19-14(21)7-8-20-15(22)11-3-1-2-4-12(11)16(20)23/h5-6,9,11-12H,1-4,7-8H2,(H,18,19,21)/t11-,12-/m0/s1. The van der Waals surface area contributed by atoms with Crippen LogP contribution in [0.5, 0.6) is 0 Å². The molecule has 1 aromatic heterocycles. The van der Waals surface area contributed by atoms with Crippen molar-refractivity contribution in [2.45, 2.75) is 32.1 Å². The number of halogens is 1. The number of hydrogen-bond acceptors (Lipinski definition) is 4. The van der Waals surface area contributed by atoms with Gasteiger partial charge < -0.3 is 5.32 Å². The van der Waals surface area contributed by atoms with Crippen LogP contribution >= 0.6 is 11.6 Å². The molecule has 1 N–H and O–H groups in total. The molecule has 0 radical (unpaired) electrons. The van der Waals surface area contributed by atoms with Crippen molar-refractivity contribution in [1.29, 1.82) is 0 Å². The fourth-order valence-electron chi connectivity index (χ4n) is 3.32. The number of fused-ring (bicyclic) bond motifs is 1. The first-order chi connectivity index (χ1) is 11.1. The quantitative estimate of drug-likeness (QED) is 0.856. The molecule has 3 amide bonds. The number of anilines is 1. The molecule has 1 saturated heterocycles. The zero-order valence-corrected chi connectivity index (χ0v) is 13.4. The lowest BCUT2D eigenvalue weighted by Gasteiger charge is -2.19. The Bertz CT molecular complexity index is 608. The largest absolute Gasteiger partial charge is 0.311 e. The van der Waals surface area contributed by atoms with Gasteiger partial charge in [0.1, 0.15) is 5.82 Å². The smallest absolute Gasteiger partial charge is 0.233 e. The van der Waals surface area contributed by atoms with Gasteiger partial charge in [0.2, 0.25) is 17.7 Å². The molecule has 1 saturated carbocycles. The van der Waals surface area contributed by atoms with E-state index in [4.69, 9.17) is 11.6 Å².